The van der Waals surface area contributed by atoms with Crippen molar-refractivity contribution < 1.29 is 9.18 Å². The van der Waals surface area contributed by atoms with Crippen LogP contribution in [-0.2, 0) is 4.79 Å². The minimum Gasteiger partial charge on any atom is -0.398 e. The molecular weight excluding hydrogens is 309 g/mol. The standard InChI is InChI=1S/C17H20FN5O/c1-2-8-23-17(24)15(21)14(20)12-6-3-5-10(13(12)19)11-7-4-9-22-16(11)18/h3-7,9H,2,8,19-21H2,1H3,(H,23,24)/b15-14+. The highest BCUT2D eigenvalue weighted by molar-refractivity contribution is 6.01. The fourth-order valence-electron chi connectivity index (χ4n) is 2.22. The van der Waals surface area contributed by atoms with Gasteiger partial charge in [0, 0.05) is 35.1 Å². The first-order valence-electron chi connectivity index (χ1n) is 7.50. The van der Waals surface area contributed by atoms with E-state index < -0.39 is 11.9 Å². The highest BCUT2D eigenvalue weighted by Crippen LogP contribution is 2.32. The molecule has 6 nitrogen and oxygen atoms in total. The number of halogens is 1. The van der Waals surface area contributed by atoms with E-state index in [1.165, 1.54) is 6.20 Å². The number of anilines is 1. The van der Waals surface area contributed by atoms with Crippen molar-refractivity contribution in [1.82, 2.24) is 10.3 Å². The summed E-state index contributed by atoms with van der Waals surface area (Å²) >= 11 is 0. The average molecular weight is 329 g/mol. The number of para-hydroxylation sites is 1. The Hall–Kier alpha value is -3.09. The Morgan fingerprint density at radius 2 is 1.92 bits per heavy atom. The van der Waals surface area contributed by atoms with Crippen LogP contribution in [0, 0.1) is 5.95 Å². The molecule has 0 radical (unpaired) electrons. The Morgan fingerprint density at radius 3 is 2.58 bits per heavy atom. The largest absolute Gasteiger partial charge is 0.398 e. The number of nitrogens with two attached hydrogens (primary N) is 3. The number of nitrogens with one attached hydrogen (secondary N) is 1. The monoisotopic (exact) mass is 329 g/mol. The molecule has 1 heterocycles. The van der Waals surface area contributed by atoms with Gasteiger partial charge in [-0.1, -0.05) is 25.1 Å². The molecule has 0 atom stereocenters. The van der Waals surface area contributed by atoms with Crippen LogP contribution in [0.25, 0.3) is 16.8 Å². The number of nitrogen functional groups attached to an aromatic ring is 1. The quantitative estimate of drug-likeness (QED) is 0.377. The van der Waals surface area contributed by atoms with Gasteiger partial charge in [0.25, 0.3) is 5.91 Å². The van der Waals surface area contributed by atoms with Crippen LogP contribution < -0.4 is 22.5 Å². The van der Waals surface area contributed by atoms with Gasteiger partial charge in [-0.25, -0.2) is 4.98 Å². The summed E-state index contributed by atoms with van der Waals surface area (Å²) in [6, 6.07) is 8.12. The second kappa shape index (κ2) is 7.45. The fraction of sp³-hybridized carbons (Fsp3) is 0.176. The predicted molar refractivity (Wildman–Crippen MR) is 92.6 cm³/mol. The van der Waals surface area contributed by atoms with Crippen LogP contribution in [0.1, 0.15) is 18.9 Å². The highest BCUT2D eigenvalue weighted by Gasteiger charge is 2.16. The van der Waals surface area contributed by atoms with Crippen LogP contribution in [-0.4, -0.2) is 17.4 Å². The zero-order valence-electron chi connectivity index (χ0n) is 13.3. The van der Waals surface area contributed by atoms with Gasteiger partial charge in [-0.05, 0) is 18.6 Å². The molecule has 0 saturated carbocycles. The van der Waals surface area contributed by atoms with Crippen LogP contribution in [0.5, 0.6) is 0 Å². The summed E-state index contributed by atoms with van der Waals surface area (Å²) in [5, 5.41) is 2.65. The summed E-state index contributed by atoms with van der Waals surface area (Å²) in [5.41, 5.74) is 19.2. The van der Waals surface area contributed by atoms with Crippen LogP contribution in [0.3, 0.4) is 0 Å². The first kappa shape index (κ1) is 17.3. The topological polar surface area (TPSA) is 120 Å². The minimum absolute atomic E-state index is 0.0484. The third kappa shape index (κ3) is 3.45. The molecule has 24 heavy (non-hydrogen) atoms. The van der Waals surface area contributed by atoms with Crippen molar-refractivity contribution in [3.8, 4) is 11.1 Å². The highest BCUT2D eigenvalue weighted by atomic mass is 19.1. The SMILES string of the molecule is CCCNC(=O)/C(N)=C(\N)c1cccc(-c2cccnc2F)c1N. The zero-order chi connectivity index (χ0) is 17.7. The number of rotatable bonds is 5. The molecular formula is C17H20FN5O. The van der Waals surface area contributed by atoms with Crippen LogP contribution in [0.15, 0.2) is 42.2 Å². The summed E-state index contributed by atoms with van der Waals surface area (Å²) in [7, 11) is 0. The van der Waals surface area contributed by atoms with E-state index in [9.17, 15) is 9.18 Å². The van der Waals surface area contributed by atoms with Gasteiger partial charge in [-0.2, -0.15) is 4.39 Å². The summed E-state index contributed by atoms with van der Waals surface area (Å²) in [6.07, 6.45) is 2.13. The number of benzene rings is 1. The van der Waals surface area contributed by atoms with Crippen molar-refractivity contribution in [2.75, 3.05) is 12.3 Å². The molecule has 0 aliphatic carbocycles. The third-order valence-corrected chi connectivity index (χ3v) is 3.52. The van der Waals surface area contributed by atoms with E-state index in [1.807, 2.05) is 6.92 Å². The Morgan fingerprint density at radius 1 is 1.21 bits per heavy atom. The predicted octanol–water partition coefficient (Wildman–Crippen LogP) is 1.58. The molecule has 0 aliphatic heterocycles. The van der Waals surface area contributed by atoms with Gasteiger partial charge in [0.15, 0.2) is 0 Å². The lowest BCUT2D eigenvalue weighted by Crippen LogP contribution is -2.31. The number of carbonyl (C=O) groups excluding carboxylic acids is 1. The van der Waals surface area contributed by atoms with Gasteiger partial charge in [-0.3, -0.25) is 4.79 Å². The van der Waals surface area contributed by atoms with Gasteiger partial charge in [0.2, 0.25) is 5.95 Å². The van der Waals surface area contributed by atoms with Crippen molar-refractivity contribution in [2.45, 2.75) is 13.3 Å². The summed E-state index contributed by atoms with van der Waals surface area (Å²) < 4.78 is 13.9. The van der Waals surface area contributed by atoms with E-state index in [4.69, 9.17) is 17.2 Å². The van der Waals surface area contributed by atoms with Gasteiger partial charge >= 0.3 is 0 Å². The summed E-state index contributed by atoms with van der Waals surface area (Å²) in [4.78, 5) is 15.6. The van der Waals surface area contributed by atoms with Crippen molar-refractivity contribution >= 4 is 17.3 Å². The Labute approximate surface area is 139 Å². The van der Waals surface area contributed by atoms with Crippen molar-refractivity contribution in [3.63, 3.8) is 0 Å². The molecule has 1 aromatic heterocycles. The molecule has 1 amide bonds. The third-order valence-electron chi connectivity index (χ3n) is 3.52. The molecule has 0 spiro atoms. The number of pyridine rings is 1. The molecule has 0 saturated heterocycles. The second-order valence-electron chi connectivity index (χ2n) is 5.19. The Bertz CT molecular complexity index is 788. The van der Waals surface area contributed by atoms with Crippen LogP contribution >= 0.6 is 0 Å². The number of hydrogen-bond acceptors (Lipinski definition) is 5. The number of carbonyl (C=O) groups is 1. The van der Waals surface area contributed by atoms with E-state index in [-0.39, 0.29) is 22.6 Å². The van der Waals surface area contributed by atoms with E-state index >= 15 is 0 Å². The molecule has 0 fully saturated rings. The minimum atomic E-state index is -0.641. The molecule has 2 rings (SSSR count). The Kier molecular flexibility index (Phi) is 5.36. The van der Waals surface area contributed by atoms with E-state index in [0.29, 0.717) is 17.7 Å². The van der Waals surface area contributed by atoms with E-state index in [0.717, 1.165) is 6.42 Å². The number of hydrogen-bond donors (Lipinski definition) is 4. The van der Waals surface area contributed by atoms with Gasteiger partial charge < -0.3 is 22.5 Å². The van der Waals surface area contributed by atoms with Crippen LogP contribution in [0.2, 0.25) is 0 Å². The number of amides is 1. The average Bonchev–Trinajstić information content (AvgIpc) is 2.59. The maximum absolute atomic E-state index is 13.9. The molecule has 7 heteroatoms. The van der Waals surface area contributed by atoms with Crippen molar-refractivity contribution in [2.24, 2.45) is 11.5 Å². The molecule has 1 aromatic carbocycles. The first-order chi connectivity index (χ1) is 11.5. The summed E-state index contributed by atoms with van der Waals surface area (Å²) in [6.45, 7) is 2.41. The Balaban J connectivity index is 2.48. The maximum Gasteiger partial charge on any atom is 0.269 e. The van der Waals surface area contributed by atoms with E-state index in [1.54, 1.807) is 30.3 Å². The molecule has 0 aliphatic rings. The normalized spacial score (nSPS) is 11.8. The van der Waals surface area contributed by atoms with Crippen LogP contribution in [0.4, 0.5) is 10.1 Å². The molecule has 0 unspecified atom stereocenters. The van der Waals surface area contributed by atoms with Crippen molar-refractivity contribution in [3.05, 3.63) is 53.7 Å². The lowest BCUT2D eigenvalue weighted by atomic mass is 9.99. The van der Waals surface area contributed by atoms with E-state index in [2.05, 4.69) is 10.3 Å². The second-order valence-corrected chi connectivity index (χ2v) is 5.19. The smallest absolute Gasteiger partial charge is 0.269 e. The van der Waals surface area contributed by atoms with Gasteiger partial charge in [0.05, 0.1) is 5.70 Å². The van der Waals surface area contributed by atoms with Crippen molar-refractivity contribution in [1.29, 1.82) is 0 Å². The number of nitrogens with zero attached hydrogens (tertiary/aromatic N) is 1. The lowest BCUT2D eigenvalue weighted by Gasteiger charge is -2.14. The fourth-order valence-corrected chi connectivity index (χ4v) is 2.22. The van der Waals surface area contributed by atoms with Gasteiger partial charge in [0.1, 0.15) is 5.70 Å². The van der Waals surface area contributed by atoms with Gasteiger partial charge in [-0.15, -0.1) is 0 Å². The summed E-state index contributed by atoms with van der Waals surface area (Å²) in [5.74, 6) is -1.11. The molecule has 0 bridgehead atoms. The molecule has 2 aromatic rings. The lowest BCUT2D eigenvalue weighted by molar-refractivity contribution is -0.117. The number of aromatic nitrogens is 1. The first-order valence-corrected chi connectivity index (χ1v) is 7.50. The molecule has 7 N–H and O–H groups in total. The molecule has 126 valence electrons. The maximum atomic E-state index is 13.9. The zero-order valence-corrected chi connectivity index (χ0v) is 13.3.